The van der Waals surface area contributed by atoms with Crippen LogP contribution in [0.2, 0.25) is 0 Å². The van der Waals surface area contributed by atoms with E-state index in [0.717, 1.165) is 6.20 Å². The molecule has 1 aromatic rings. The van der Waals surface area contributed by atoms with Crippen LogP contribution in [-0.4, -0.2) is 24.7 Å². The van der Waals surface area contributed by atoms with Crippen LogP contribution in [0.1, 0.15) is 29.3 Å². The SMILES string of the molecule is CCOC(=O)c1c(OC)ncc(Br)c1C(F)F. The highest BCUT2D eigenvalue weighted by Crippen LogP contribution is 2.34. The highest BCUT2D eigenvalue weighted by molar-refractivity contribution is 9.10. The number of carbonyl (C=O) groups excluding carboxylic acids is 1. The predicted molar refractivity (Wildman–Crippen MR) is 59.4 cm³/mol. The van der Waals surface area contributed by atoms with E-state index in [4.69, 9.17) is 9.47 Å². The molecule has 0 aliphatic rings. The summed E-state index contributed by atoms with van der Waals surface area (Å²) < 4.78 is 35.3. The Kier molecular flexibility index (Phi) is 4.80. The number of hydrogen-bond acceptors (Lipinski definition) is 4. The lowest BCUT2D eigenvalue weighted by Crippen LogP contribution is -2.12. The zero-order valence-electron chi connectivity index (χ0n) is 9.17. The van der Waals surface area contributed by atoms with Crippen LogP contribution in [0.25, 0.3) is 0 Å². The summed E-state index contributed by atoms with van der Waals surface area (Å²) in [4.78, 5) is 15.3. The minimum Gasteiger partial charge on any atom is -0.480 e. The van der Waals surface area contributed by atoms with Crippen molar-refractivity contribution >= 4 is 21.9 Å². The average Bonchev–Trinajstić information content (AvgIpc) is 2.28. The zero-order chi connectivity index (χ0) is 13.0. The Morgan fingerprint density at radius 1 is 1.59 bits per heavy atom. The van der Waals surface area contributed by atoms with Crippen molar-refractivity contribution in [1.82, 2.24) is 4.98 Å². The van der Waals surface area contributed by atoms with Crippen molar-refractivity contribution in [1.29, 1.82) is 0 Å². The molecule has 0 aliphatic heterocycles. The second-order valence-electron chi connectivity index (χ2n) is 2.93. The van der Waals surface area contributed by atoms with E-state index in [1.165, 1.54) is 7.11 Å². The number of carbonyl (C=O) groups is 1. The second-order valence-corrected chi connectivity index (χ2v) is 3.78. The predicted octanol–water partition coefficient (Wildman–Crippen LogP) is 2.97. The molecule has 0 bridgehead atoms. The fourth-order valence-corrected chi connectivity index (χ4v) is 1.73. The number of halogens is 3. The van der Waals surface area contributed by atoms with Crippen LogP contribution in [0.15, 0.2) is 10.7 Å². The van der Waals surface area contributed by atoms with Gasteiger partial charge in [0.05, 0.1) is 19.3 Å². The van der Waals surface area contributed by atoms with Crippen LogP contribution in [0, 0.1) is 0 Å². The molecule has 0 amide bonds. The molecule has 94 valence electrons. The molecular formula is C10H10BrF2NO3. The van der Waals surface area contributed by atoms with Crippen molar-refractivity contribution < 1.29 is 23.0 Å². The molecule has 0 aromatic carbocycles. The lowest BCUT2D eigenvalue weighted by atomic mass is 10.1. The van der Waals surface area contributed by atoms with Gasteiger partial charge < -0.3 is 9.47 Å². The lowest BCUT2D eigenvalue weighted by molar-refractivity contribution is 0.0509. The van der Waals surface area contributed by atoms with E-state index in [-0.39, 0.29) is 22.5 Å². The van der Waals surface area contributed by atoms with Crippen LogP contribution in [-0.2, 0) is 4.74 Å². The van der Waals surface area contributed by atoms with Crippen molar-refractivity contribution in [3.05, 3.63) is 21.8 Å². The van der Waals surface area contributed by atoms with E-state index in [0.29, 0.717) is 0 Å². The number of nitrogens with zero attached hydrogens (tertiary/aromatic N) is 1. The van der Waals surface area contributed by atoms with Crippen molar-refractivity contribution in [2.75, 3.05) is 13.7 Å². The van der Waals surface area contributed by atoms with Gasteiger partial charge in [0.15, 0.2) is 0 Å². The first-order valence-electron chi connectivity index (χ1n) is 4.70. The van der Waals surface area contributed by atoms with E-state index in [1.54, 1.807) is 6.92 Å². The molecule has 0 saturated heterocycles. The van der Waals surface area contributed by atoms with E-state index < -0.39 is 18.0 Å². The number of aromatic nitrogens is 1. The molecule has 0 fully saturated rings. The monoisotopic (exact) mass is 309 g/mol. The van der Waals surface area contributed by atoms with Crippen molar-refractivity contribution in [2.45, 2.75) is 13.3 Å². The summed E-state index contributed by atoms with van der Waals surface area (Å²) in [5.74, 6) is -1.06. The Bertz CT molecular complexity index is 426. The third-order valence-electron chi connectivity index (χ3n) is 1.93. The van der Waals surface area contributed by atoms with Crippen LogP contribution in [0.3, 0.4) is 0 Å². The highest BCUT2D eigenvalue weighted by atomic mass is 79.9. The van der Waals surface area contributed by atoms with Crippen molar-refractivity contribution in [2.24, 2.45) is 0 Å². The summed E-state index contributed by atoms with van der Waals surface area (Å²) in [6.07, 6.45) is -1.68. The molecule has 1 rings (SSSR count). The first-order valence-corrected chi connectivity index (χ1v) is 5.49. The molecule has 0 radical (unpaired) electrons. The summed E-state index contributed by atoms with van der Waals surface area (Å²) in [6.45, 7) is 1.66. The maximum absolute atomic E-state index is 12.9. The third kappa shape index (κ3) is 2.91. The third-order valence-corrected chi connectivity index (χ3v) is 2.56. The Morgan fingerprint density at radius 2 is 2.24 bits per heavy atom. The Morgan fingerprint density at radius 3 is 2.71 bits per heavy atom. The number of pyridine rings is 1. The molecule has 17 heavy (non-hydrogen) atoms. The Balaban J connectivity index is 3.40. The number of rotatable bonds is 4. The maximum Gasteiger partial charge on any atom is 0.344 e. The van der Waals surface area contributed by atoms with Crippen LogP contribution >= 0.6 is 15.9 Å². The number of esters is 1. The van der Waals surface area contributed by atoms with Crippen LogP contribution in [0.4, 0.5) is 8.78 Å². The molecular weight excluding hydrogens is 300 g/mol. The number of hydrogen-bond donors (Lipinski definition) is 0. The second kappa shape index (κ2) is 5.90. The quantitative estimate of drug-likeness (QED) is 0.802. The van der Waals surface area contributed by atoms with E-state index >= 15 is 0 Å². The fraction of sp³-hybridized carbons (Fsp3) is 0.400. The highest BCUT2D eigenvalue weighted by Gasteiger charge is 2.27. The summed E-state index contributed by atoms with van der Waals surface area (Å²) in [5, 5.41) is 0. The standard InChI is InChI=1S/C10H10BrF2NO3/c1-3-17-10(15)7-6(8(12)13)5(11)4-14-9(7)16-2/h4,8H,3H2,1-2H3. The van der Waals surface area contributed by atoms with Gasteiger partial charge in [-0.15, -0.1) is 0 Å². The molecule has 0 atom stereocenters. The molecule has 0 spiro atoms. The number of methoxy groups -OCH3 is 1. The van der Waals surface area contributed by atoms with Gasteiger partial charge in [-0.2, -0.15) is 0 Å². The summed E-state index contributed by atoms with van der Waals surface area (Å²) >= 11 is 2.92. The topological polar surface area (TPSA) is 48.4 Å². The minimum absolute atomic E-state index is 0.0383. The van der Waals surface area contributed by atoms with Crippen molar-refractivity contribution in [3.63, 3.8) is 0 Å². The van der Waals surface area contributed by atoms with E-state index in [9.17, 15) is 13.6 Å². The maximum atomic E-state index is 12.9. The smallest absolute Gasteiger partial charge is 0.344 e. The largest absolute Gasteiger partial charge is 0.480 e. The molecule has 0 saturated carbocycles. The van der Waals surface area contributed by atoms with E-state index in [1.807, 2.05) is 0 Å². The Hall–Kier alpha value is -1.24. The van der Waals surface area contributed by atoms with Gasteiger partial charge in [-0.1, -0.05) is 0 Å². The van der Waals surface area contributed by atoms with Gasteiger partial charge in [0, 0.05) is 10.7 Å². The van der Waals surface area contributed by atoms with Crippen LogP contribution in [0.5, 0.6) is 5.88 Å². The summed E-state index contributed by atoms with van der Waals surface area (Å²) in [6, 6.07) is 0. The fourth-order valence-electron chi connectivity index (χ4n) is 1.25. The first kappa shape index (κ1) is 13.8. The van der Waals surface area contributed by atoms with Gasteiger partial charge >= 0.3 is 5.97 Å². The number of alkyl halides is 2. The van der Waals surface area contributed by atoms with Gasteiger partial charge in [0.1, 0.15) is 5.56 Å². The van der Waals surface area contributed by atoms with E-state index in [2.05, 4.69) is 20.9 Å². The van der Waals surface area contributed by atoms with Crippen LogP contribution < -0.4 is 4.74 Å². The zero-order valence-corrected chi connectivity index (χ0v) is 10.8. The molecule has 0 unspecified atom stereocenters. The minimum atomic E-state index is -2.83. The summed E-state index contributed by atoms with van der Waals surface area (Å²) in [7, 11) is 1.24. The van der Waals surface area contributed by atoms with Gasteiger partial charge in [-0.3, -0.25) is 0 Å². The molecule has 0 aliphatic carbocycles. The summed E-state index contributed by atoms with van der Waals surface area (Å²) in [5.41, 5.74) is -0.825. The first-order chi connectivity index (χ1) is 8.02. The average molecular weight is 310 g/mol. The molecule has 0 N–H and O–H groups in total. The normalized spacial score (nSPS) is 10.5. The molecule has 1 heterocycles. The molecule has 7 heteroatoms. The lowest BCUT2D eigenvalue weighted by Gasteiger charge is -2.12. The number of ether oxygens (including phenoxy) is 2. The Labute approximate surface area is 105 Å². The molecule has 4 nitrogen and oxygen atoms in total. The van der Waals surface area contributed by atoms with Gasteiger partial charge in [-0.05, 0) is 22.9 Å². The van der Waals surface area contributed by atoms with Crippen molar-refractivity contribution in [3.8, 4) is 5.88 Å². The van der Waals surface area contributed by atoms with Gasteiger partial charge in [-0.25, -0.2) is 18.6 Å². The van der Waals surface area contributed by atoms with Gasteiger partial charge in [0.25, 0.3) is 6.43 Å². The van der Waals surface area contributed by atoms with Gasteiger partial charge in [0.2, 0.25) is 5.88 Å². The molecule has 1 aromatic heterocycles.